The van der Waals surface area contributed by atoms with Gasteiger partial charge in [0.25, 0.3) is 17.9 Å². The summed E-state index contributed by atoms with van der Waals surface area (Å²) >= 11 is 0. The fourth-order valence-electron chi connectivity index (χ4n) is 6.40. The molecule has 0 saturated carbocycles. The van der Waals surface area contributed by atoms with Gasteiger partial charge in [0.2, 0.25) is 23.7 Å². The van der Waals surface area contributed by atoms with Crippen LogP contribution in [0.5, 0.6) is 0 Å². The van der Waals surface area contributed by atoms with E-state index in [1.165, 1.54) is 0 Å². The van der Waals surface area contributed by atoms with Crippen molar-refractivity contribution < 1.29 is 44.1 Å². The average molecular weight is 838 g/mol. The van der Waals surface area contributed by atoms with E-state index in [4.69, 9.17) is 21.4 Å². The zero-order valence-corrected chi connectivity index (χ0v) is 33.4. The summed E-state index contributed by atoms with van der Waals surface area (Å²) in [7, 11) is 0. The van der Waals surface area contributed by atoms with Gasteiger partial charge in [-0.05, 0) is 54.8 Å². The molecule has 21 nitrogen and oxygen atoms in total. The van der Waals surface area contributed by atoms with E-state index in [9.17, 15) is 39.0 Å². The zero-order chi connectivity index (χ0) is 44.0. The topological polar surface area (TPSA) is 319 Å². The highest BCUT2D eigenvalue weighted by Gasteiger charge is 2.27. The van der Waals surface area contributed by atoms with Gasteiger partial charge in [-0.3, -0.25) is 53.2 Å². The Bertz CT molecular complexity index is 1970. The van der Waals surface area contributed by atoms with Gasteiger partial charge in [-0.1, -0.05) is 12.6 Å². The van der Waals surface area contributed by atoms with Crippen molar-refractivity contribution >= 4 is 58.6 Å². The first-order valence-electron chi connectivity index (χ1n) is 19.3. The smallest absolute Gasteiger partial charge is 0.317 e. The van der Waals surface area contributed by atoms with Crippen molar-refractivity contribution in [2.45, 2.75) is 38.3 Å². The van der Waals surface area contributed by atoms with Gasteiger partial charge in [0, 0.05) is 89.5 Å². The third kappa shape index (κ3) is 17.1. The number of nitrogens with one attached hydrogen (secondary N) is 5. The molecule has 1 aromatic heterocycles. The molecule has 1 fully saturated rings. The van der Waals surface area contributed by atoms with Crippen LogP contribution in [0.15, 0.2) is 59.6 Å². The van der Waals surface area contributed by atoms with E-state index in [1.54, 1.807) is 41.3 Å². The fraction of sp³-hybridized carbons (Fsp3) is 0.436. The number of aliphatic hydroxyl groups excluding tert-OH is 1. The highest BCUT2D eigenvalue weighted by molar-refractivity contribution is 5.94. The van der Waals surface area contributed by atoms with E-state index in [2.05, 4.69) is 37.8 Å². The number of carboxylic acids is 1. The Balaban J connectivity index is 0.00000311. The van der Waals surface area contributed by atoms with Gasteiger partial charge < -0.3 is 48.1 Å². The van der Waals surface area contributed by atoms with E-state index in [0.29, 0.717) is 68.7 Å². The van der Waals surface area contributed by atoms with Crippen LogP contribution in [-0.2, 0) is 30.5 Å². The number of nitrogens with zero attached hydrogens (tertiary/aromatic N) is 4. The summed E-state index contributed by atoms with van der Waals surface area (Å²) < 4.78 is 0. The lowest BCUT2D eigenvalue weighted by Gasteiger charge is -2.31. The molecule has 1 atom stereocenters. The van der Waals surface area contributed by atoms with E-state index in [0.717, 1.165) is 11.3 Å². The highest BCUT2D eigenvalue weighted by Crippen LogP contribution is 2.15. The zero-order valence-electron chi connectivity index (χ0n) is 33.4. The molecule has 2 heterocycles. The maximum Gasteiger partial charge on any atom is 0.317 e. The van der Waals surface area contributed by atoms with Gasteiger partial charge in [0.15, 0.2) is 0 Å². The van der Waals surface area contributed by atoms with Gasteiger partial charge in [-0.25, -0.2) is 4.98 Å². The number of anilines is 2. The summed E-state index contributed by atoms with van der Waals surface area (Å²) in [5, 5.41) is 37.9. The van der Waals surface area contributed by atoms with Gasteiger partial charge in [-0.2, -0.15) is 0 Å². The predicted octanol–water partition coefficient (Wildman–Crippen LogP) is -0.729. The highest BCUT2D eigenvalue weighted by atomic mass is 16.4. The van der Waals surface area contributed by atoms with E-state index < -0.39 is 17.9 Å². The number of benzene rings is 2. The third-order valence-corrected chi connectivity index (χ3v) is 9.39. The van der Waals surface area contributed by atoms with E-state index in [1.807, 2.05) is 15.9 Å². The normalized spacial score (nSPS) is 14.2. The average Bonchev–Trinajstić information content (AvgIpc) is 3.28. The molecule has 326 valence electrons. The summed E-state index contributed by atoms with van der Waals surface area (Å²) in [4.78, 5) is 94.1. The lowest BCUT2D eigenvalue weighted by molar-refractivity contribution is -0.138. The van der Waals surface area contributed by atoms with Crippen LogP contribution in [0, 0.1) is 0 Å². The fourth-order valence-corrected chi connectivity index (χ4v) is 6.40. The molecule has 4 amide bonds. The number of aromatic nitrogens is 2. The summed E-state index contributed by atoms with van der Waals surface area (Å²) in [5.41, 5.74) is 13.7. The predicted molar refractivity (Wildman–Crippen MR) is 223 cm³/mol. The first-order chi connectivity index (χ1) is 28.7. The number of amides is 4. The molecule has 1 aliphatic rings. The number of carboxylic acid groups (broad SMARTS) is 2. The monoisotopic (exact) mass is 837 g/mol. The van der Waals surface area contributed by atoms with Crippen molar-refractivity contribution in [3.05, 3.63) is 76.3 Å². The summed E-state index contributed by atoms with van der Waals surface area (Å²) in [6.07, 6.45) is 0.740. The van der Waals surface area contributed by atoms with Crippen molar-refractivity contribution in [1.29, 1.82) is 0 Å². The molecule has 0 spiro atoms. The van der Waals surface area contributed by atoms with Crippen molar-refractivity contribution in [3.8, 4) is 0 Å². The van der Waals surface area contributed by atoms with Gasteiger partial charge in [0.1, 0.15) is 0 Å². The number of fused-ring (bicyclic) bond motifs is 1. The van der Waals surface area contributed by atoms with Crippen LogP contribution in [0.2, 0.25) is 0 Å². The van der Waals surface area contributed by atoms with Crippen molar-refractivity contribution in [2.24, 2.45) is 5.73 Å². The number of H-pyrrole nitrogens is 1. The largest absolute Gasteiger partial charge is 0.512 e. The third-order valence-electron chi connectivity index (χ3n) is 9.39. The van der Waals surface area contributed by atoms with Crippen molar-refractivity contribution in [2.75, 3.05) is 83.0 Å². The Kier molecular flexibility index (Phi) is 19.9. The van der Waals surface area contributed by atoms with Crippen LogP contribution in [0.3, 0.4) is 0 Å². The van der Waals surface area contributed by atoms with Crippen LogP contribution >= 0.6 is 0 Å². The molecule has 2 aromatic carbocycles. The minimum absolute atomic E-state index is 0.0101. The Labute approximate surface area is 346 Å². The molecular weight excluding hydrogens is 782 g/mol. The number of hydrogen-bond donors (Lipinski definition) is 10. The number of primary amides is 1. The number of aliphatic carboxylic acids is 1. The molecule has 1 unspecified atom stereocenters. The Morgan fingerprint density at radius 1 is 0.867 bits per heavy atom. The van der Waals surface area contributed by atoms with Crippen LogP contribution in [-0.4, -0.2) is 154 Å². The maximum absolute atomic E-state index is 12.6. The number of nitrogen functional groups attached to an aromatic ring is 1. The van der Waals surface area contributed by atoms with Crippen molar-refractivity contribution in [1.82, 2.24) is 40.6 Å². The molecule has 0 bridgehead atoms. The minimum Gasteiger partial charge on any atom is -0.512 e. The molecule has 21 heteroatoms. The first kappa shape index (κ1) is 47.8. The Hall–Kier alpha value is -6.58. The van der Waals surface area contributed by atoms with Crippen LogP contribution in [0.4, 0.5) is 11.6 Å². The molecule has 1 saturated heterocycles. The molecule has 4 rings (SSSR count). The maximum atomic E-state index is 12.6. The molecular formula is C39H55N11O10. The SMILES string of the molecule is C=C(O)CN1CCN(CC(=O)O)CCN(C(CCC(=O)NCCNC(=O)CCCNC(=O)c2ccc(NCc3ccc4nc(N)[nH]c(=O)c4c3)cc2)C(N)=O)CC1.O=CO. The van der Waals surface area contributed by atoms with E-state index in [-0.39, 0.29) is 93.4 Å². The molecule has 1 aliphatic heterocycles. The lowest BCUT2D eigenvalue weighted by Crippen LogP contribution is -2.49. The molecule has 3 aromatic rings. The van der Waals surface area contributed by atoms with Crippen molar-refractivity contribution in [3.63, 3.8) is 0 Å². The minimum atomic E-state index is -0.974. The van der Waals surface area contributed by atoms with Gasteiger partial charge in [0.05, 0.1) is 35.8 Å². The summed E-state index contributed by atoms with van der Waals surface area (Å²) in [6, 6.07) is 11.5. The molecule has 60 heavy (non-hydrogen) atoms. The van der Waals surface area contributed by atoms with Crippen LogP contribution in [0.1, 0.15) is 41.6 Å². The number of nitrogens with two attached hydrogens (primary N) is 2. The second-order valence-corrected chi connectivity index (χ2v) is 13.9. The Morgan fingerprint density at radius 2 is 1.47 bits per heavy atom. The second kappa shape index (κ2) is 25.0. The quantitative estimate of drug-likeness (QED) is 0.0381. The number of aliphatic hydroxyl groups is 1. The number of carbonyl (C=O) groups is 6. The second-order valence-electron chi connectivity index (χ2n) is 13.9. The molecule has 0 radical (unpaired) electrons. The number of aromatic amines is 1. The summed E-state index contributed by atoms with van der Waals surface area (Å²) in [6.45, 7) is 7.03. The summed E-state index contributed by atoms with van der Waals surface area (Å²) in [5.74, 6) is -2.36. The first-order valence-corrected chi connectivity index (χ1v) is 19.3. The standard InChI is InChI=1S/C38H53N11O8.CH2O2/c1-25(50)23-47-15-16-48(24-34(53)54)18-20-49(19-17-47)31(35(39)55)10-11-33(52)42-14-13-41-32(51)3-2-12-43-36(56)27-5-7-28(8-6-27)44-22-26-4-9-30-29(21-26)37(57)46-38(40)45-30;2-1-3/h4-9,21,31,44,50H,1-3,10-20,22-24H2,(H2,39,55)(H,41,51)(H,42,52)(H,43,56)(H,53,54)(H3,40,45,46,57);1H,(H,2,3). The van der Waals surface area contributed by atoms with Crippen LogP contribution < -0.4 is 38.3 Å². The molecule has 0 aliphatic carbocycles. The van der Waals surface area contributed by atoms with Gasteiger partial charge in [-0.15, -0.1) is 0 Å². The number of hydrogen-bond acceptors (Lipinski definition) is 14. The van der Waals surface area contributed by atoms with E-state index >= 15 is 0 Å². The van der Waals surface area contributed by atoms with Crippen LogP contribution in [0.25, 0.3) is 10.9 Å². The number of rotatable bonds is 20. The van der Waals surface area contributed by atoms with Gasteiger partial charge >= 0.3 is 5.97 Å². The molecule has 12 N–H and O–H groups in total. The lowest BCUT2D eigenvalue weighted by atomic mass is 10.1. The Morgan fingerprint density at radius 3 is 2.07 bits per heavy atom. The number of carbonyl (C=O) groups excluding carboxylic acids is 4.